The summed E-state index contributed by atoms with van der Waals surface area (Å²) in [5.41, 5.74) is 7.88. The largest absolute Gasteiger partial charge is 0.496 e. The first kappa shape index (κ1) is 15.8. The number of benzene rings is 2. The van der Waals surface area contributed by atoms with Gasteiger partial charge in [0.15, 0.2) is 0 Å². The van der Waals surface area contributed by atoms with Crippen molar-refractivity contribution in [1.82, 2.24) is 0 Å². The van der Waals surface area contributed by atoms with Crippen LogP contribution in [-0.4, -0.2) is 7.11 Å². The zero-order chi connectivity index (χ0) is 15.2. The number of fused-ring (bicyclic) bond motifs is 1. The first-order chi connectivity index (χ1) is 10.2. The van der Waals surface area contributed by atoms with E-state index >= 15 is 0 Å². The molecule has 0 spiro atoms. The van der Waals surface area contributed by atoms with E-state index in [2.05, 4.69) is 44.2 Å². The fraction of sp³-hybridized carbons (Fsp3) is 0.474. The molecule has 0 amide bonds. The average Bonchev–Trinajstić information content (AvgIpc) is 2.53. The second kappa shape index (κ2) is 7.46. The van der Waals surface area contributed by atoms with Gasteiger partial charge in [0.25, 0.3) is 0 Å². The van der Waals surface area contributed by atoms with Gasteiger partial charge in [-0.3, -0.25) is 0 Å². The van der Waals surface area contributed by atoms with Crippen molar-refractivity contribution < 1.29 is 4.74 Å². The third kappa shape index (κ3) is 3.38. The van der Waals surface area contributed by atoms with Crippen LogP contribution in [0.4, 0.5) is 0 Å². The quantitative estimate of drug-likeness (QED) is 0.771. The molecule has 2 aromatic rings. The number of hydrogen-bond donors (Lipinski definition) is 1. The van der Waals surface area contributed by atoms with Crippen LogP contribution in [0.3, 0.4) is 0 Å². The lowest BCUT2D eigenvalue weighted by Gasteiger charge is -2.25. The van der Waals surface area contributed by atoms with Gasteiger partial charge in [-0.25, -0.2) is 0 Å². The highest BCUT2D eigenvalue weighted by Gasteiger charge is 2.20. The minimum Gasteiger partial charge on any atom is -0.496 e. The van der Waals surface area contributed by atoms with Crippen molar-refractivity contribution in [3.8, 4) is 5.75 Å². The van der Waals surface area contributed by atoms with Gasteiger partial charge in [-0.15, -0.1) is 0 Å². The molecular formula is C19H27NO. The van der Waals surface area contributed by atoms with E-state index in [0.29, 0.717) is 5.92 Å². The summed E-state index contributed by atoms with van der Waals surface area (Å²) in [5, 5.41) is 2.38. The van der Waals surface area contributed by atoms with E-state index in [4.69, 9.17) is 10.5 Å². The van der Waals surface area contributed by atoms with Crippen LogP contribution in [0.2, 0.25) is 0 Å². The standard InChI is InChI=1S/C19H27NO/c1-4-8-14(9-5-2)19(20)17-12-13-18(21-3)16-11-7-6-10-15(16)17/h6-7,10-14,19H,4-5,8-9,20H2,1-3H3. The van der Waals surface area contributed by atoms with Gasteiger partial charge >= 0.3 is 0 Å². The second-order valence-corrected chi connectivity index (χ2v) is 5.77. The van der Waals surface area contributed by atoms with Crippen molar-refractivity contribution in [2.45, 2.75) is 45.6 Å². The van der Waals surface area contributed by atoms with E-state index in [9.17, 15) is 0 Å². The Bertz CT molecular complexity index is 573. The Labute approximate surface area is 128 Å². The Balaban J connectivity index is 2.45. The molecule has 0 heterocycles. The molecule has 2 heteroatoms. The molecule has 0 bridgehead atoms. The molecule has 1 unspecified atom stereocenters. The Kier molecular flexibility index (Phi) is 5.63. The van der Waals surface area contributed by atoms with Gasteiger partial charge in [0.05, 0.1) is 7.11 Å². The number of ether oxygens (including phenoxy) is 1. The molecule has 2 nitrogen and oxygen atoms in total. The molecule has 21 heavy (non-hydrogen) atoms. The van der Waals surface area contributed by atoms with Gasteiger partial charge in [-0.1, -0.05) is 57.0 Å². The van der Waals surface area contributed by atoms with E-state index in [1.807, 2.05) is 6.07 Å². The van der Waals surface area contributed by atoms with Gasteiger partial charge in [0, 0.05) is 11.4 Å². The zero-order valence-electron chi connectivity index (χ0n) is 13.4. The van der Waals surface area contributed by atoms with Crippen LogP contribution in [0.1, 0.15) is 51.1 Å². The summed E-state index contributed by atoms with van der Waals surface area (Å²) in [6.07, 6.45) is 4.75. The van der Waals surface area contributed by atoms with Crippen LogP contribution in [0.25, 0.3) is 10.8 Å². The highest BCUT2D eigenvalue weighted by Crippen LogP contribution is 2.35. The third-order valence-electron chi connectivity index (χ3n) is 4.32. The second-order valence-electron chi connectivity index (χ2n) is 5.77. The monoisotopic (exact) mass is 285 g/mol. The molecule has 2 N–H and O–H groups in total. The first-order valence-corrected chi connectivity index (χ1v) is 8.04. The lowest BCUT2D eigenvalue weighted by atomic mass is 9.85. The van der Waals surface area contributed by atoms with E-state index in [-0.39, 0.29) is 6.04 Å². The highest BCUT2D eigenvalue weighted by atomic mass is 16.5. The average molecular weight is 285 g/mol. The van der Waals surface area contributed by atoms with E-state index < -0.39 is 0 Å². The lowest BCUT2D eigenvalue weighted by Crippen LogP contribution is -2.21. The predicted octanol–water partition coefficient (Wildman–Crippen LogP) is 5.06. The maximum Gasteiger partial charge on any atom is 0.126 e. The van der Waals surface area contributed by atoms with Crippen LogP contribution < -0.4 is 10.5 Å². The molecule has 0 aliphatic heterocycles. The predicted molar refractivity (Wildman–Crippen MR) is 90.7 cm³/mol. The molecule has 0 aliphatic carbocycles. The number of nitrogens with two attached hydrogens (primary N) is 1. The number of rotatable bonds is 7. The molecule has 1 atom stereocenters. The summed E-state index contributed by atoms with van der Waals surface area (Å²) in [6, 6.07) is 12.7. The molecule has 0 radical (unpaired) electrons. The van der Waals surface area contributed by atoms with Crippen LogP contribution in [0, 0.1) is 5.92 Å². The maximum atomic E-state index is 6.63. The minimum absolute atomic E-state index is 0.0979. The molecule has 0 saturated carbocycles. The summed E-state index contributed by atoms with van der Waals surface area (Å²) >= 11 is 0. The Morgan fingerprint density at radius 3 is 2.14 bits per heavy atom. The van der Waals surface area contributed by atoms with Crippen LogP contribution in [-0.2, 0) is 0 Å². The SMILES string of the molecule is CCCC(CCC)C(N)c1ccc(OC)c2ccccc12. The van der Waals surface area contributed by atoms with E-state index in [0.717, 1.165) is 11.1 Å². The molecule has 0 aliphatic rings. The van der Waals surface area contributed by atoms with Crippen LogP contribution in [0.5, 0.6) is 5.75 Å². The Morgan fingerprint density at radius 2 is 1.57 bits per heavy atom. The Morgan fingerprint density at radius 1 is 0.952 bits per heavy atom. The van der Waals surface area contributed by atoms with Gasteiger partial charge in [-0.2, -0.15) is 0 Å². The summed E-state index contributed by atoms with van der Waals surface area (Å²) in [4.78, 5) is 0. The minimum atomic E-state index is 0.0979. The van der Waals surface area contributed by atoms with Crippen molar-refractivity contribution in [2.24, 2.45) is 11.7 Å². The van der Waals surface area contributed by atoms with Gasteiger partial charge in [0.1, 0.15) is 5.75 Å². The summed E-state index contributed by atoms with van der Waals surface area (Å²) < 4.78 is 5.48. The molecule has 2 rings (SSSR count). The summed E-state index contributed by atoms with van der Waals surface area (Å²) in [5.74, 6) is 1.47. The van der Waals surface area contributed by atoms with Crippen molar-refractivity contribution in [3.05, 3.63) is 42.0 Å². The van der Waals surface area contributed by atoms with E-state index in [1.54, 1.807) is 7.11 Å². The van der Waals surface area contributed by atoms with E-state index in [1.165, 1.54) is 36.6 Å². The first-order valence-electron chi connectivity index (χ1n) is 8.04. The van der Waals surface area contributed by atoms with Gasteiger partial charge in [-0.05, 0) is 35.8 Å². The van der Waals surface area contributed by atoms with Crippen molar-refractivity contribution in [2.75, 3.05) is 7.11 Å². The fourth-order valence-electron chi connectivity index (χ4n) is 3.26. The third-order valence-corrected chi connectivity index (χ3v) is 4.32. The topological polar surface area (TPSA) is 35.2 Å². The molecule has 114 valence electrons. The van der Waals surface area contributed by atoms with Gasteiger partial charge < -0.3 is 10.5 Å². The van der Waals surface area contributed by atoms with Crippen molar-refractivity contribution in [3.63, 3.8) is 0 Å². The number of hydrogen-bond acceptors (Lipinski definition) is 2. The van der Waals surface area contributed by atoms with Gasteiger partial charge in [0.2, 0.25) is 0 Å². The molecule has 0 fully saturated rings. The Hall–Kier alpha value is -1.54. The highest BCUT2D eigenvalue weighted by molar-refractivity contribution is 5.91. The number of methoxy groups -OCH3 is 1. The smallest absolute Gasteiger partial charge is 0.126 e. The molecule has 0 saturated heterocycles. The summed E-state index contributed by atoms with van der Waals surface area (Å²) in [6.45, 7) is 4.48. The van der Waals surface area contributed by atoms with Crippen LogP contribution >= 0.6 is 0 Å². The maximum absolute atomic E-state index is 6.63. The van der Waals surface area contributed by atoms with Crippen molar-refractivity contribution in [1.29, 1.82) is 0 Å². The lowest BCUT2D eigenvalue weighted by molar-refractivity contribution is 0.370. The molecular weight excluding hydrogens is 258 g/mol. The fourth-order valence-corrected chi connectivity index (χ4v) is 3.26. The van der Waals surface area contributed by atoms with Crippen molar-refractivity contribution >= 4 is 10.8 Å². The van der Waals surface area contributed by atoms with Crippen LogP contribution in [0.15, 0.2) is 36.4 Å². The molecule has 2 aromatic carbocycles. The molecule has 0 aromatic heterocycles. The summed E-state index contributed by atoms with van der Waals surface area (Å²) in [7, 11) is 1.72. The normalized spacial score (nSPS) is 12.8. The zero-order valence-corrected chi connectivity index (χ0v) is 13.4.